The molecule has 0 aliphatic rings. The smallest absolute Gasteiger partial charge is 0.275 e. The molecular formula is C16H15N5O3S. The minimum absolute atomic E-state index is 0.00147. The van der Waals surface area contributed by atoms with Crippen molar-refractivity contribution in [1.29, 1.82) is 0 Å². The third-order valence-corrected chi connectivity index (χ3v) is 4.27. The topological polar surface area (TPSA) is 103 Å². The largest absolute Gasteiger partial charge is 0.296 e. The quantitative estimate of drug-likeness (QED) is 0.556. The van der Waals surface area contributed by atoms with Gasteiger partial charge in [-0.3, -0.25) is 24.9 Å². The fourth-order valence-electron chi connectivity index (χ4n) is 2.37. The van der Waals surface area contributed by atoms with Crippen LogP contribution in [-0.2, 0) is 6.54 Å². The number of nitrogens with zero attached hydrogens (tertiary/aromatic N) is 4. The highest BCUT2D eigenvalue weighted by Crippen LogP contribution is 2.27. The Kier molecular flexibility index (Phi) is 4.57. The van der Waals surface area contributed by atoms with Crippen LogP contribution in [-0.4, -0.2) is 25.6 Å². The van der Waals surface area contributed by atoms with Crippen molar-refractivity contribution >= 4 is 28.1 Å². The highest BCUT2D eigenvalue weighted by molar-refractivity contribution is 7.14. The van der Waals surface area contributed by atoms with E-state index in [1.54, 1.807) is 28.3 Å². The van der Waals surface area contributed by atoms with Gasteiger partial charge in [-0.15, -0.1) is 11.3 Å². The van der Waals surface area contributed by atoms with Crippen LogP contribution < -0.4 is 5.32 Å². The number of hydrogen-bond donors (Lipinski definition) is 1. The second kappa shape index (κ2) is 6.81. The molecule has 0 aliphatic carbocycles. The van der Waals surface area contributed by atoms with Gasteiger partial charge in [0.05, 0.1) is 16.3 Å². The summed E-state index contributed by atoms with van der Waals surface area (Å²) < 4.78 is 1.62. The van der Waals surface area contributed by atoms with Crippen LogP contribution in [0.4, 0.5) is 10.8 Å². The van der Waals surface area contributed by atoms with Gasteiger partial charge in [-0.05, 0) is 19.9 Å². The van der Waals surface area contributed by atoms with E-state index in [4.69, 9.17) is 0 Å². The molecular weight excluding hydrogens is 342 g/mol. The maximum atomic E-state index is 12.4. The molecule has 0 saturated carbocycles. The van der Waals surface area contributed by atoms with E-state index in [0.717, 1.165) is 5.69 Å². The maximum Gasteiger partial charge on any atom is 0.275 e. The highest BCUT2D eigenvalue weighted by atomic mass is 32.1. The lowest BCUT2D eigenvalue weighted by Crippen LogP contribution is -2.17. The lowest BCUT2D eigenvalue weighted by molar-refractivity contribution is -0.384. The summed E-state index contributed by atoms with van der Waals surface area (Å²) in [4.78, 5) is 27.2. The zero-order valence-corrected chi connectivity index (χ0v) is 14.4. The van der Waals surface area contributed by atoms with Gasteiger partial charge in [0, 0.05) is 29.6 Å². The number of amides is 1. The van der Waals surface area contributed by atoms with Gasteiger partial charge in [0.25, 0.3) is 11.6 Å². The minimum atomic E-state index is -0.452. The number of nitro groups is 1. The Morgan fingerprint density at radius 2 is 2.20 bits per heavy atom. The Balaban J connectivity index is 1.81. The Morgan fingerprint density at radius 1 is 1.40 bits per heavy atom. The number of carbonyl (C=O) groups is 1. The molecule has 0 radical (unpaired) electrons. The third kappa shape index (κ3) is 3.56. The molecule has 3 rings (SSSR count). The first-order valence-electron chi connectivity index (χ1n) is 7.54. The Bertz CT molecular complexity index is 947. The SMILES string of the molecule is CCn1nc(C)cc1C(=O)Nc1nc(-c2cccc([N+](=O)[O-])c2)cs1. The second-order valence-corrected chi connectivity index (χ2v) is 6.14. The molecule has 0 spiro atoms. The number of thiazole rings is 1. The van der Waals surface area contributed by atoms with Crippen molar-refractivity contribution in [3.63, 3.8) is 0 Å². The summed E-state index contributed by atoms with van der Waals surface area (Å²) in [5, 5.41) is 20.0. The summed E-state index contributed by atoms with van der Waals surface area (Å²) in [6, 6.07) is 7.94. The van der Waals surface area contributed by atoms with Crippen molar-refractivity contribution in [2.75, 3.05) is 5.32 Å². The molecule has 0 aliphatic heterocycles. The number of nitrogens with one attached hydrogen (secondary N) is 1. The number of benzene rings is 1. The molecule has 1 N–H and O–H groups in total. The van der Waals surface area contributed by atoms with Crippen LogP contribution in [0.3, 0.4) is 0 Å². The molecule has 8 nitrogen and oxygen atoms in total. The highest BCUT2D eigenvalue weighted by Gasteiger charge is 2.16. The zero-order chi connectivity index (χ0) is 18.0. The van der Waals surface area contributed by atoms with E-state index in [1.807, 2.05) is 13.8 Å². The summed E-state index contributed by atoms with van der Waals surface area (Å²) in [6.45, 7) is 4.33. The Hall–Kier alpha value is -3.07. The molecule has 3 aromatic rings. The van der Waals surface area contributed by atoms with Crippen LogP contribution in [0.2, 0.25) is 0 Å². The average Bonchev–Trinajstić information content (AvgIpc) is 3.21. The van der Waals surface area contributed by atoms with E-state index in [2.05, 4.69) is 15.4 Å². The minimum Gasteiger partial charge on any atom is -0.296 e. The average molecular weight is 357 g/mol. The van der Waals surface area contributed by atoms with Gasteiger partial charge in [0.1, 0.15) is 5.69 Å². The lowest BCUT2D eigenvalue weighted by atomic mass is 10.1. The van der Waals surface area contributed by atoms with E-state index >= 15 is 0 Å². The molecule has 1 amide bonds. The van der Waals surface area contributed by atoms with Crippen molar-refractivity contribution in [2.24, 2.45) is 0 Å². The van der Waals surface area contributed by atoms with Crippen LogP contribution in [0.15, 0.2) is 35.7 Å². The van der Waals surface area contributed by atoms with E-state index < -0.39 is 4.92 Å². The number of non-ortho nitro benzene ring substituents is 1. The summed E-state index contributed by atoms with van der Waals surface area (Å²) in [5.41, 5.74) is 2.43. The van der Waals surface area contributed by atoms with Crippen molar-refractivity contribution in [2.45, 2.75) is 20.4 Å². The number of aryl methyl sites for hydroxylation is 2. The number of aromatic nitrogens is 3. The first-order valence-corrected chi connectivity index (χ1v) is 8.42. The number of carbonyl (C=O) groups excluding carboxylic acids is 1. The van der Waals surface area contributed by atoms with Gasteiger partial charge in [-0.25, -0.2) is 4.98 Å². The van der Waals surface area contributed by atoms with Crippen LogP contribution in [0, 0.1) is 17.0 Å². The van der Waals surface area contributed by atoms with Gasteiger partial charge < -0.3 is 0 Å². The van der Waals surface area contributed by atoms with Gasteiger partial charge in [0.15, 0.2) is 5.13 Å². The lowest BCUT2D eigenvalue weighted by Gasteiger charge is -2.03. The fraction of sp³-hybridized carbons (Fsp3) is 0.188. The molecule has 128 valence electrons. The zero-order valence-electron chi connectivity index (χ0n) is 13.6. The first kappa shape index (κ1) is 16.8. The molecule has 0 atom stereocenters. The molecule has 0 unspecified atom stereocenters. The number of nitro benzene ring substituents is 1. The van der Waals surface area contributed by atoms with E-state index in [-0.39, 0.29) is 11.6 Å². The Labute approximate surface area is 147 Å². The van der Waals surface area contributed by atoms with Crippen LogP contribution in [0.1, 0.15) is 23.1 Å². The molecule has 2 aromatic heterocycles. The standard InChI is InChI=1S/C16H15N5O3S/c1-3-20-14(7-10(2)19-20)15(22)18-16-17-13(9-25-16)11-5-4-6-12(8-11)21(23)24/h4-9H,3H2,1-2H3,(H,17,18,22). The maximum absolute atomic E-state index is 12.4. The van der Waals surface area contributed by atoms with Crippen molar-refractivity contribution in [3.8, 4) is 11.3 Å². The predicted molar refractivity (Wildman–Crippen MR) is 94.8 cm³/mol. The molecule has 25 heavy (non-hydrogen) atoms. The molecule has 9 heteroatoms. The number of anilines is 1. The molecule has 0 bridgehead atoms. The van der Waals surface area contributed by atoms with E-state index in [0.29, 0.717) is 28.6 Å². The van der Waals surface area contributed by atoms with Gasteiger partial charge >= 0.3 is 0 Å². The van der Waals surface area contributed by atoms with Crippen LogP contribution in [0.25, 0.3) is 11.3 Å². The second-order valence-electron chi connectivity index (χ2n) is 5.29. The van der Waals surface area contributed by atoms with Crippen LogP contribution >= 0.6 is 11.3 Å². The van der Waals surface area contributed by atoms with Gasteiger partial charge in [0.2, 0.25) is 0 Å². The number of hydrogen-bond acceptors (Lipinski definition) is 6. The van der Waals surface area contributed by atoms with Gasteiger partial charge in [-0.1, -0.05) is 12.1 Å². The fourth-order valence-corrected chi connectivity index (χ4v) is 3.09. The number of rotatable bonds is 5. The molecule has 0 saturated heterocycles. The molecule has 0 fully saturated rings. The van der Waals surface area contributed by atoms with Crippen LogP contribution in [0.5, 0.6) is 0 Å². The third-order valence-electron chi connectivity index (χ3n) is 3.51. The van der Waals surface area contributed by atoms with Crippen molar-refractivity contribution in [1.82, 2.24) is 14.8 Å². The normalized spacial score (nSPS) is 10.6. The summed E-state index contributed by atoms with van der Waals surface area (Å²) in [5.74, 6) is -0.289. The first-order chi connectivity index (χ1) is 12.0. The van der Waals surface area contributed by atoms with E-state index in [9.17, 15) is 14.9 Å². The van der Waals surface area contributed by atoms with Gasteiger partial charge in [-0.2, -0.15) is 5.10 Å². The summed E-state index contributed by atoms with van der Waals surface area (Å²) in [7, 11) is 0. The molecule has 2 heterocycles. The molecule has 1 aromatic carbocycles. The predicted octanol–water partition coefficient (Wildman–Crippen LogP) is 3.50. The van der Waals surface area contributed by atoms with Crippen molar-refractivity contribution in [3.05, 3.63) is 57.2 Å². The Morgan fingerprint density at radius 3 is 2.92 bits per heavy atom. The van der Waals surface area contributed by atoms with Crippen molar-refractivity contribution < 1.29 is 9.72 Å². The summed E-state index contributed by atoms with van der Waals surface area (Å²) >= 11 is 1.26. The monoisotopic (exact) mass is 357 g/mol. The van der Waals surface area contributed by atoms with E-state index in [1.165, 1.54) is 23.5 Å². The summed E-state index contributed by atoms with van der Waals surface area (Å²) in [6.07, 6.45) is 0.